The molecule has 3 N–H and O–H groups in total. The van der Waals surface area contributed by atoms with Crippen LogP contribution in [0.4, 0.5) is 5.69 Å². The molecular weight excluding hydrogens is 250 g/mol. The van der Waals surface area contributed by atoms with Crippen LogP contribution in [-0.2, 0) is 9.59 Å². The Labute approximate surface area is 107 Å². The van der Waals surface area contributed by atoms with E-state index in [0.717, 1.165) is 10.9 Å². The standard InChI is InChI=1S/C12H11N3O4/c16-10-12(19,11(17)18)3-4-15(10)8-1-2-9-7(5-8)6-13-14-9/h1-2,5-6,19H,3-4H2,(H,13,14)(H,17,18)/t12-/m0/s1. The molecule has 3 rings (SSSR count). The molecule has 0 bridgehead atoms. The van der Waals surface area contributed by atoms with Gasteiger partial charge in [-0.15, -0.1) is 0 Å². The molecule has 1 atom stereocenters. The minimum atomic E-state index is -2.31. The molecule has 0 spiro atoms. The largest absolute Gasteiger partial charge is 0.479 e. The quantitative estimate of drug-likeness (QED) is 0.665. The number of hydrogen-bond acceptors (Lipinski definition) is 4. The lowest BCUT2D eigenvalue weighted by molar-refractivity contribution is -0.162. The van der Waals surface area contributed by atoms with Crippen LogP contribution in [0.15, 0.2) is 24.4 Å². The number of anilines is 1. The first-order valence-electron chi connectivity index (χ1n) is 5.73. The van der Waals surface area contributed by atoms with Crippen molar-refractivity contribution < 1.29 is 19.8 Å². The topological polar surface area (TPSA) is 107 Å². The summed E-state index contributed by atoms with van der Waals surface area (Å²) in [6.45, 7) is 0.172. The summed E-state index contributed by atoms with van der Waals surface area (Å²) >= 11 is 0. The molecule has 0 aliphatic carbocycles. The monoisotopic (exact) mass is 261 g/mol. The highest BCUT2D eigenvalue weighted by Crippen LogP contribution is 2.30. The summed E-state index contributed by atoms with van der Waals surface area (Å²) in [5.41, 5.74) is -0.939. The van der Waals surface area contributed by atoms with Gasteiger partial charge >= 0.3 is 5.97 Å². The van der Waals surface area contributed by atoms with Crippen molar-refractivity contribution in [1.82, 2.24) is 10.2 Å². The van der Waals surface area contributed by atoms with E-state index in [4.69, 9.17) is 5.11 Å². The highest BCUT2D eigenvalue weighted by atomic mass is 16.4. The fourth-order valence-corrected chi connectivity index (χ4v) is 2.25. The second-order valence-electron chi connectivity index (χ2n) is 4.51. The van der Waals surface area contributed by atoms with Crippen LogP contribution in [0.2, 0.25) is 0 Å². The summed E-state index contributed by atoms with van der Waals surface area (Å²) in [6, 6.07) is 5.17. The Kier molecular flexibility index (Phi) is 2.33. The highest BCUT2D eigenvalue weighted by Gasteiger charge is 2.52. The van der Waals surface area contributed by atoms with Gasteiger partial charge in [-0.25, -0.2) is 4.79 Å². The highest BCUT2D eigenvalue weighted by molar-refractivity contribution is 6.14. The van der Waals surface area contributed by atoms with Gasteiger partial charge in [-0.05, 0) is 18.2 Å². The average Bonchev–Trinajstić information content (AvgIpc) is 2.95. The Balaban J connectivity index is 1.99. The number of carbonyl (C=O) groups excluding carboxylic acids is 1. The molecule has 1 aromatic heterocycles. The lowest BCUT2D eigenvalue weighted by Crippen LogP contribution is -2.46. The van der Waals surface area contributed by atoms with Crippen LogP contribution >= 0.6 is 0 Å². The first-order valence-corrected chi connectivity index (χ1v) is 5.73. The van der Waals surface area contributed by atoms with Gasteiger partial charge in [-0.3, -0.25) is 9.89 Å². The lowest BCUT2D eigenvalue weighted by atomic mass is 10.0. The second-order valence-corrected chi connectivity index (χ2v) is 4.51. The van der Waals surface area contributed by atoms with Crippen LogP contribution in [0.3, 0.4) is 0 Å². The molecular formula is C12H11N3O4. The number of aromatic nitrogens is 2. The van der Waals surface area contributed by atoms with E-state index in [0.29, 0.717) is 5.69 Å². The van der Waals surface area contributed by atoms with Crippen molar-refractivity contribution in [1.29, 1.82) is 0 Å². The second kappa shape index (κ2) is 3.79. The smallest absolute Gasteiger partial charge is 0.345 e. The number of H-pyrrole nitrogens is 1. The number of amides is 1. The Morgan fingerprint density at radius 1 is 1.47 bits per heavy atom. The average molecular weight is 261 g/mol. The van der Waals surface area contributed by atoms with Gasteiger partial charge in [0.05, 0.1) is 11.7 Å². The van der Waals surface area contributed by atoms with Crippen molar-refractivity contribution in [2.75, 3.05) is 11.4 Å². The first-order chi connectivity index (χ1) is 9.02. The molecule has 7 nitrogen and oxygen atoms in total. The van der Waals surface area contributed by atoms with Gasteiger partial charge in [0.2, 0.25) is 5.60 Å². The molecule has 0 saturated carbocycles. The van der Waals surface area contributed by atoms with Crippen molar-refractivity contribution in [2.24, 2.45) is 0 Å². The molecule has 1 aromatic carbocycles. The zero-order chi connectivity index (χ0) is 13.6. The van der Waals surface area contributed by atoms with Crippen molar-refractivity contribution in [3.05, 3.63) is 24.4 Å². The SMILES string of the molecule is O=C(O)[C@]1(O)CCN(c2ccc3[nH]ncc3c2)C1=O. The van der Waals surface area contributed by atoms with E-state index >= 15 is 0 Å². The zero-order valence-electron chi connectivity index (χ0n) is 9.83. The molecule has 2 aromatic rings. The minimum Gasteiger partial charge on any atom is -0.479 e. The maximum atomic E-state index is 12.0. The van der Waals surface area contributed by atoms with E-state index in [-0.39, 0.29) is 13.0 Å². The molecule has 1 saturated heterocycles. The Bertz CT molecular complexity index is 680. The predicted octanol–water partition coefficient (Wildman–Crippen LogP) is 0.115. The van der Waals surface area contributed by atoms with Gasteiger partial charge in [-0.1, -0.05) is 0 Å². The molecule has 7 heteroatoms. The number of aliphatic carboxylic acids is 1. The number of carboxylic acid groups (broad SMARTS) is 1. The van der Waals surface area contributed by atoms with Crippen LogP contribution < -0.4 is 4.90 Å². The van der Waals surface area contributed by atoms with Gasteiger partial charge < -0.3 is 15.1 Å². The number of carbonyl (C=O) groups is 2. The molecule has 2 heterocycles. The number of aromatic amines is 1. The van der Waals surface area contributed by atoms with Crippen molar-refractivity contribution in [3.63, 3.8) is 0 Å². The summed E-state index contributed by atoms with van der Waals surface area (Å²) in [5.74, 6) is -2.31. The van der Waals surface area contributed by atoms with Crippen LogP contribution in [0, 0.1) is 0 Å². The number of carboxylic acids is 1. The third kappa shape index (κ3) is 1.59. The van der Waals surface area contributed by atoms with E-state index in [9.17, 15) is 14.7 Å². The van der Waals surface area contributed by atoms with Gasteiger partial charge in [0.25, 0.3) is 5.91 Å². The van der Waals surface area contributed by atoms with E-state index in [1.165, 1.54) is 4.90 Å². The van der Waals surface area contributed by atoms with Gasteiger partial charge in [0, 0.05) is 24.0 Å². The molecule has 0 unspecified atom stereocenters. The van der Waals surface area contributed by atoms with Crippen molar-refractivity contribution in [3.8, 4) is 0 Å². The zero-order valence-corrected chi connectivity index (χ0v) is 9.83. The maximum absolute atomic E-state index is 12.0. The number of nitrogens with one attached hydrogen (secondary N) is 1. The Morgan fingerprint density at radius 2 is 2.26 bits per heavy atom. The molecule has 1 aliphatic heterocycles. The minimum absolute atomic E-state index is 0.120. The number of fused-ring (bicyclic) bond motifs is 1. The van der Waals surface area contributed by atoms with Gasteiger partial charge in [-0.2, -0.15) is 5.10 Å². The molecule has 19 heavy (non-hydrogen) atoms. The fourth-order valence-electron chi connectivity index (χ4n) is 2.25. The third-order valence-corrected chi connectivity index (χ3v) is 3.39. The summed E-state index contributed by atoms with van der Waals surface area (Å²) in [6.07, 6.45) is 1.49. The van der Waals surface area contributed by atoms with Gasteiger partial charge in [0.1, 0.15) is 0 Å². The number of rotatable bonds is 2. The number of hydrogen-bond donors (Lipinski definition) is 3. The lowest BCUT2D eigenvalue weighted by Gasteiger charge is -2.18. The van der Waals surface area contributed by atoms with Crippen LogP contribution in [0.1, 0.15) is 6.42 Å². The van der Waals surface area contributed by atoms with Crippen LogP contribution in [0.25, 0.3) is 10.9 Å². The Hall–Kier alpha value is -2.41. The van der Waals surface area contributed by atoms with E-state index in [1.807, 2.05) is 0 Å². The number of aliphatic hydroxyl groups is 1. The number of benzene rings is 1. The molecule has 1 aliphatic rings. The van der Waals surface area contributed by atoms with Crippen molar-refractivity contribution >= 4 is 28.5 Å². The molecule has 1 amide bonds. The number of nitrogens with zero attached hydrogens (tertiary/aromatic N) is 2. The summed E-state index contributed by atoms with van der Waals surface area (Å²) < 4.78 is 0. The maximum Gasteiger partial charge on any atom is 0.345 e. The van der Waals surface area contributed by atoms with E-state index in [1.54, 1.807) is 24.4 Å². The molecule has 98 valence electrons. The van der Waals surface area contributed by atoms with Crippen LogP contribution in [-0.4, -0.2) is 44.4 Å². The summed E-state index contributed by atoms with van der Waals surface area (Å²) in [4.78, 5) is 24.3. The van der Waals surface area contributed by atoms with E-state index in [2.05, 4.69) is 10.2 Å². The third-order valence-electron chi connectivity index (χ3n) is 3.39. The van der Waals surface area contributed by atoms with Gasteiger partial charge in [0.15, 0.2) is 0 Å². The normalized spacial score (nSPS) is 23.2. The summed E-state index contributed by atoms with van der Waals surface area (Å²) in [7, 11) is 0. The summed E-state index contributed by atoms with van der Waals surface area (Å²) in [5, 5.41) is 26.2. The molecule has 1 fully saturated rings. The first kappa shape index (κ1) is 11.7. The Morgan fingerprint density at radius 3 is 2.95 bits per heavy atom. The fraction of sp³-hybridized carbons (Fsp3) is 0.250. The van der Waals surface area contributed by atoms with E-state index < -0.39 is 17.5 Å². The van der Waals surface area contributed by atoms with Crippen LogP contribution in [0.5, 0.6) is 0 Å². The predicted molar refractivity (Wildman–Crippen MR) is 65.6 cm³/mol. The van der Waals surface area contributed by atoms with Crippen molar-refractivity contribution in [2.45, 2.75) is 12.0 Å². The molecule has 0 radical (unpaired) electrons.